The van der Waals surface area contributed by atoms with Crippen LogP contribution in [0.4, 0.5) is 0 Å². The van der Waals surface area contributed by atoms with Crippen molar-refractivity contribution < 1.29 is 14.3 Å². The predicted octanol–water partition coefficient (Wildman–Crippen LogP) is 5.06. The van der Waals surface area contributed by atoms with E-state index in [1.54, 1.807) is 42.3 Å². The van der Waals surface area contributed by atoms with Crippen molar-refractivity contribution in [3.05, 3.63) is 80.6 Å². The summed E-state index contributed by atoms with van der Waals surface area (Å²) in [4.78, 5) is 12.2. The summed E-state index contributed by atoms with van der Waals surface area (Å²) in [5.74, 6) is 1.21. The van der Waals surface area contributed by atoms with Crippen LogP contribution in [0.3, 0.4) is 0 Å². The molecule has 0 aliphatic heterocycles. The van der Waals surface area contributed by atoms with E-state index in [2.05, 4.69) is 26.3 Å². The Hall–Kier alpha value is -2.77. The molecule has 0 radical (unpaired) electrons. The molecule has 0 bridgehead atoms. The topological polar surface area (TPSA) is 65.4 Å². The fourth-order valence-corrected chi connectivity index (χ4v) is 3.69. The van der Waals surface area contributed by atoms with E-state index in [1.807, 2.05) is 32.2 Å². The van der Waals surface area contributed by atoms with Gasteiger partial charge in [0.2, 0.25) is 5.91 Å². The number of carbonyl (C=O) groups excluding carboxylic acids is 1. The molecule has 0 saturated heterocycles. The van der Waals surface area contributed by atoms with E-state index in [0.717, 1.165) is 26.9 Å². The van der Waals surface area contributed by atoms with Crippen molar-refractivity contribution in [2.45, 2.75) is 20.1 Å². The van der Waals surface area contributed by atoms with Crippen LogP contribution >= 0.6 is 27.5 Å². The molecule has 2 aromatic carbocycles. The number of amides is 1. The average Bonchev–Trinajstić information content (AvgIpc) is 3.08. The lowest BCUT2D eigenvalue weighted by Gasteiger charge is -2.12. The van der Waals surface area contributed by atoms with Crippen LogP contribution in [0.2, 0.25) is 5.02 Å². The molecule has 162 valence electrons. The zero-order valence-corrected chi connectivity index (χ0v) is 19.8. The van der Waals surface area contributed by atoms with Gasteiger partial charge in [-0.2, -0.15) is 5.10 Å². The highest BCUT2D eigenvalue weighted by Gasteiger charge is 2.08. The number of methoxy groups -OCH3 is 1. The Labute approximate surface area is 194 Å². The average molecular weight is 505 g/mol. The number of ether oxygens (including phenoxy) is 2. The Kier molecular flexibility index (Phi) is 7.76. The Morgan fingerprint density at radius 3 is 2.68 bits per heavy atom. The highest BCUT2D eigenvalue weighted by Crippen LogP contribution is 2.30. The lowest BCUT2D eigenvalue weighted by molar-refractivity contribution is -0.116. The highest BCUT2D eigenvalue weighted by atomic mass is 79.9. The van der Waals surface area contributed by atoms with Crippen molar-refractivity contribution in [1.82, 2.24) is 15.1 Å². The molecule has 0 aliphatic carbocycles. The number of benzene rings is 2. The standard InChI is InChI=1S/C23H23BrClN3O3/c1-15-18(13-27-28(15)2)12-26-23(29)9-5-16-4-7-21(30-3)17(10-16)14-31-22-8-6-19(25)11-20(22)24/h4-11,13H,12,14H2,1-3H3,(H,26,29)/b9-5+. The summed E-state index contributed by atoms with van der Waals surface area (Å²) < 4.78 is 13.9. The van der Waals surface area contributed by atoms with E-state index in [4.69, 9.17) is 21.1 Å². The molecule has 0 unspecified atom stereocenters. The smallest absolute Gasteiger partial charge is 0.244 e. The van der Waals surface area contributed by atoms with Crippen LogP contribution in [-0.4, -0.2) is 22.8 Å². The molecule has 1 amide bonds. The molecule has 6 nitrogen and oxygen atoms in total. The first kappa shape index (κ1) is 22.9. The molecule has 8 heteroatoms. The van der Waals surface area contributed by atoms with Crippen LogP contribution < -0.4 is 14.8 Å². The minimum absolute atomic E-state index is 0.179. The first-order chi connectivity index (χ1) is 14.9. The van der Waals surface area contributed by atoms with Crippen LogP contribution in [0.5, 0.6) is 11.5 Å². The largest absolute Gasteiger partial charge is 0.496 e. The Bertz CT molecular complexity index is 1110. The quantitative estimate of drug-likeness (QED) is 0.436. The van der Waals surface area contributed by atoms with Crippen LogP contribution in [0.25, 0.3) is 6.08 Å². The summed E-state index contributed by atoms with van der Waals surface area (Å²) in [6, 6.07) is 11.0. The zero-order chi connectivity index (χ0) is 22.4. The molecular weight excluding hydrogens is 482 g/mol. The van der Waals surface area contributed by atoms with Gasteiger partial charge in [-0.25, -0.2) is 0 Å². The van der Waals surface area contributed by atoms with Gasteiger partial charge in [0.05, 0.1) is 17.8 Å². The van der Waals surface area contributed by atoms with Gasteiger partial charge in [-0.15, -0.1) is 0 Å². The summed E-state index contributed by atoms with van der Waals surface area (Å²) in [5.41, 5.74) is 3.73. The predicted molar refractivity (Wildman–Crippen MR) is 125 cm³/mol. The Morgan fingerprint density at radius 1 is 1.23 bits per heavy atom. The molecule has 1 aromatic heterocycles. The third kappa shape index (κ3) is 6.12. The molecule has 0 fully saturated rings. The second kappa shape index (κ2) is 10.5. The first-order valence-corrected chi connectivity index (χ1v) is 10.7. The molecule has 3 aromatic rings. The van der Waals surface area contributed by atoms with Gasteiger partial charge in [-0.05, 0) is 64.8 Å². The van der Waals surface area contributed by atoms with Crippen molar-refractivity contribution in [1.29, 1.82) is 0 Å². The van der Waals surface area contributed by atoms with Crippen molar-refractivity contribution in [3.63, 3.8) is 0 Å². The van der Waals surface area contributed by atoms with Crippen molar-refractivity contribution in [2.75, 3.05) is 7.11 Å². The monoisotopic (exact) mass is 503 g/mol. The number of nitrogens with zero attached hydrogens (tertiary/aromatic N) is 2. The molecular formula is C23H23BrClN3O3. The number of halogens is 2. The second-order valence-corrected chi connectivity index (χ2v) is 8.16. The van der Waals surface area contributed by atoms with E-state index in [1.165, 1.54) is 6.08 Å². The van der Waals surface area contributed by atoms with E-state index in [-0.39, 0.29) is 5.91 Å². The summed E-state index contributed by atoms with van der Waals surface area (Å²) in [6.07, 6.45) is 5.02. The highest BCUT2D eigenvalue weighted by molar-refractivity contribution is 9.10. The summed E-state index contributed by atoms with van der Waals surface area (Å²) in [7, 11) is 3.48. The molecule has 0 atom stereocenters. The third-order valence-corrected chi connectivity index (χ3v) is 5.65. The normalized spacial score (nSPS) is 11.0. The second-order valence-electron chi connectivity index (χ2n) is 6.86. The molecule has 0 saturated carbocycles. The van der Waals surface area contributed by atoms with Gasteiger partial charge in [-0.3, -0.25) is 9.48 Å². The molecule has 0 spiro atoms. The SMILES string of the molecule is COc1ccc(/C=C/C(=O)NCc2cnn(C)c2C)cc1COc1ccc(Cl)cc1Br. The maximum Gasteiger partial charge on any atom is 0.244 e. The minimum Gasteiger partial charge on any atom is -0.496 e. The van der Waals surface area contributed by atoms with E-state index < -0.39 is 0 Å². The maximum atomic E-state index is 12.2. The zero-order valence-electron chi connectivity index (χ0n) is 17.5. The fraction of sp³-hybridized carbons (Fsp3) is 0.217. The Morgan fingerprint density at radius 2 is 2.00 bits per heavy atom. The lowest BCUT2D eigenvalue weighted by Crippen LogP contribution is -2.20. The van der Waals surface area contributed by atoms with Crippen molar-refractivity contribution in [2.24, 2.45) is 7.05 Å². The van der Waals surface area contributed by atoms with Gasteiger partial charge < -0.3 is 14.8 Å². The first-order valence-electron chi connectivity index (χ1n) is 9.55. The number of rotatable bonds is 8. The van der Waals surface area contributed by atoms with Gasteiger partial charge in [0.1, 0.15) is 18.1 Å². The molecule has 1 heterocycles. The van der Waals surface area contributed by atoms with Gasteiger partial charge in [0.25, 0.3) is 0 Å². The van der Waals surface area contributed by atoms with Crippen LogP contribution in [0.15, 0.2) is 53.1 Å². The number of aromatic nitrogens is 2. The molecule has 1 N–H and O–H groups in total. The van der Waals surface area contributed by atoms with Gasteiger partial charge in [0.15, 0.2) is 0 Å². The fourth-order valence-electron chi connectivity index (χ4n) is 2.89. The van der Waals surface area contributed by atoms with Crippen LogP contribution in [0.1, 0.15) is 22.4 Å². The minimum atomic E-state index is -0.179. The van der Waals surface area contributed by atoms with E-state index in [0.29, 0.717) is 29.7 Å². The van der Waals surface area contributed by atoms with E-state index in [9.17, 15) is 4.79 Å². The number of nitrogens with one attached hydrogen (secondary N) is 1. The maximum absolute atomic E-state index is 12.2. The Balaban J connectivity index is 1.64. The summed E-state index contributed by atoms with van der Waals surface area (Å²) in [6.45, 7) is 2.70. The van der Waals surface area contributed by atoms with Crippen molar-refractivity contribution in [3.8, 4) is 11.5 Å². The molecule has 3 rings (SSSR count). The molecule has 31 heavy (non-hydrogen) atoms. The van der Waals surface area contributed by atoms with Gasteiger partial charge in [-0.1, -0.05) is 17.7 Å². The number of hydrogen-bond acceptors (Lipinski definition) is 4. The number of hydrogen-bond donors (Lipinski definition) is 1. The lowest BCUT2D eigenvalue weighted by atomic mass is 10.1. The van der Waals surface area contributed by atoms with Crippen LogP contribution in [0, 0.1) is 6.92 Å². The van der Waals surface area contributed by atoms with Gasteiger partial charge >= 0.3 is 0 Å². The van der Waals surface area contributed by atoms with Gasteiger partial charge in [0, 0.05) is 41.5 Å². The number of aryl methyl sites for hydroxylation is 1. The number of carbonyl (C=O) groups is 1. The third-order valence-electron chi connectivity index (χ3n) is 4.80. The summed E-state index contributed by atoms with van der Waals surface area (Å²) >= 11 is 9.43. The molecule has 0 aliphatic rings. The van der Waals surface area contributed by atoms with Crippen molar-refractivity contribution >= 4 is 39.5 Å². The van der Waals surface area contributed by atoms with Crippen LogP contribution in [-0.2, 0) is 25.0 Å². The summed E-state index contributed by atoms with van der Waals surface area (Å²) in [5, 5.41) is 7.68. The van der Waals surface area contributed by atoms with E-state index >= 15 is 0 Å².